The van der Waals surface area contributed by atoms with Crippen LogP contribution in [0.15, 0.2) is 18.2 Å². The summed E-state index contributed by atoms with van der Waals surface area (Å²) in [4.78, 5) is 12.1. The maximum Gasteiger partial charge on any atom is 0.251 e. The van der Waals surface area contributed by atoms with Gasteiger partial charge in [-0.25, -0.2) is 0 Å². The van der Waals surface area contributed by atoms with E-state index in [1.165, 1.54) is 13.2 Å². The first-order chi connectivity index (χ1) is 9.61. The van der Waals surface area contributed by atoms with E-state index in [4.69, 9.17) is 4.74 Å². The Hall–Kier alpha value is -1.75. The van der Waals surface area contributed by atoms with Gasteiger partial charge in [-0.2, -0.15) is 0 Å². The Morgan fingerprint density at radius 1 is 1.55 bits per heavy atom. The molecule has 1 aromatic carbocycles. The van der Waals surface area contributed by atoms with Crippen molar-refractivity contribution in [2.45, 2.75) is 13.3 Å². The lowest BCUT2D eigenvalue weighted by atomic mass is 9.88. The van der Waals surface area contributed by atoms with Crippen LogP contribution in [-0.4, -0.2) is 37.8 Å². The largest absolute Gasteiger partial charge is 0.504 e. The Labute approximate surface area is 119 Å². The van der Waals surface area contributed by atoms with Crippen LogP contribution in [0.5, 0.6) is 11.5 Å². The normalized spacial score (nSPS) is 22.3. The molecule has 0 bridgehead atoms. The Morgan fingerprint density at radius 3 is 3.00 bits per heavy atom. The first-order valence-electron chi connectivity index (χ1n) is 6.97. The molecular weight excluding hydrogens is 256 g/mol. The molecule has 5 nitrogen and oxygen atoms in total. The fourth-order valence-electron chi connectivity index (χ4n) is 2.53. The van der Waals surface area contributed by atoms with Crippen molar-refractivity contribution in [2.24, 2.45) is 11.8 Å². The van der Waals surface area contributed by atoms with Gasteiger partial charge in [-0.1, -0.05) is 6.92 Å². The smallest absolute Gasteiger partial charge is 0.251 e. The lowest BCUT2D eigenvalue weighted by Gasteiger charge is -2.29. The molecule has 1 fully saturated rings. The van der Waals surface area contributed by atoms with Crippen molar-refractivity contribution >= 4 is 5.91 Å². The van der Waals surface area contributed by atoms with Gasteiger partial charge in [-0.15, -0.1) is 0 Å². The highest BCUT2D eigenvalue weighted by molar-refractivity contribution is 5.94. The number of benzene rings is 1. The van der Waals surface area contributed by atoms with Gasteiger partial charge < -0.3 is 20.5 Å². The molecule has 20 heavy (non-hydrogen) atoms. The van der Waals surface area contributed by atoms with Gasteiger partial charge in [0.2, 0.25) is 0 Å². The van der Waals surface area contributed by atoms with Crippen molar-refractivity contribution in [3.8, 4) is 11.5 Å². The predicted octanol–water partition coefficient (Wildman–Crippen LogP) is 1.38. The van der Waals surface area contributed by atoms with Gasteiger partial charge in [0.1, 0.15) is 0 Å². The second-order valence-electron chi connectivity index (χ2n) is 5.33. The Bertz CT molecular complexity index is 476. The molecule has 1 aromatic rings. The van der Waals surface area contributed by atoms with Crippen molar-refractivity contribution in [3.63, 3.8) is 0 Å². The number of nitrogens with one attached hydrogen (secondary N) is 2. The molecule has 0 saturated carbocycles. The van der Waals surface area contributed by atoms with Crippen LogP contribution in [0.25, 0.3) is 0 Å². The zero-order valence-electron chi connectivity index (χ0n) is 12.0. The van der Waals surface area contributed by atoms with Crippen LogP contribution in [0.1, 0.15) is 23.7 Å². The third kappa shape index (κ3) is 3.42. The molecule has 0 spiro atoms. The number of methoxy groups -OCH3 is 1. The van der Waals surface area contributed by atoms with Crippen molar-refractivity contribution in [1.29, 1.82) is 0 Å². The number of amides is 1. The van der Waals surface area contributed by atoms with E-state index in [-0.39, 0.29) is 11.7 Å². The number of carbonyl (C=O) groups is 1. The number of ether oxygens (including phenoxy) is 1. The zero-order chi connectivity index (χ0) is 14.5. The SMILES string of the molecule is COc1ccc(C(=O)NCC2CCNCC2C)cc1O. The van der Waals surface area contributed by atoms with E-state index in [1.807, 2.05) is 0 Å². The highest BCUT2D eigenvalue weighted by Crippen LogP contribution is 2.26. The number of piperidine rings is 1. The molecule has 1 heterocycles. The van der Waals surface area contributed by atoms with Gasteiger partial charge in [0.15, 0.2) is 11.5 Å². The summed E-state index contributed by atoms with van der Waals surface area (Å²) in [5.41, 5.74) is 0.449. The summed E-state index contributed by atoms with van der Waals surface area (Å²) in [6.45, 7) is 4.88. The van der Waals surface area contributed by atoms with Crippen LogP contribution >= 0.6 is 0 Å². The number of aromatic hydroxyl groups is 1. The Balaban J connectivity index is 1.93. The van der Waals surface area contributed by atoms with Crippen LogP contribution in [0.4, 0.5) is 0 Å². The molecule has 1 saturated heterocycles. The van der Waals surface area contributed by atoms with Gasteiger partial charge in [-0.3, -0.25) is 4.79 Å². The van der Waals surface area contributed by atoms with Crippen molar-refractivity contribution in [2.75, 3.05) is 26.7 Å². The van der Waals surface area contributed by atoms with Gasteiger partial charge in [0.05, 0.1) is 7.11 Å². The second kappa shape index (κ2) is 6.61. The average Bonchev–Trinajstić information content (AvgIpc) is 2.46. The molecule has 5 heteroatoms. The highest BCUT2D eigenvalue weighted by atomic mass is 16.5. The molecule has 0 radical (unpaired) electrons. The topological polar surface area (TPSA) is 70.6 Å². The predicted molar refractivity (Wildman–Crippen MR) is 77.1 cm³/mol. The molecule has 2 unspecified atom stereocenters. The third-order valence-electron chi connectivity index (χ3n) is 3.93. The Morgan fingerprint density at radius 2 is 2.35 bits per heavy atom. The first kappa shape index (κ1) is 14.7. The molecule has 2 atom stereocenters. The number of carbonyl (C=O) groups excluding carboxylic acids is 1. The number of hydrogen-bond donors (Lipinski definition) is 3. The molecule has 3 N–H and O–H groups in total. The van der Waals surface area contributed by atoms with Crippen LogP contribution < -0.4 is 15.4 Å². The zero-order valence-corrected chi connectivity index (χ0v) is 12.0. The quantitative estimate of drug-likeness (QED) is 0.778. The van der Waals surface area contributed by atoms with Crippen molar-refractivity contribution in [1.82, 2.24) is 10.6 Å². The fourth-order valence-corrected chi connectivity index (χ4v) is 2.53. The first-order valence-corrected chi connectivity index (χ1v) is 6.97. The molecule has 2 rings (SSSR count). The van der Waals surface area contributed by atoms with E-state index in [0.29, 0.717) is 29.7 Å². The summed E-state index contributed by atoms with van der Waals surface area (Å²) < 4.78 is 4.96. The van der Waals surface area contributed by atoms with Crippen molar-refractivity contribution < 1.29 is 14.6 Å². The van der Waals surface area contributed by atoms with Crippen LogP contribution in [0.2, 0.25) is 0 Å². The van der Waals surface area contributed by atoms with Crippen LogP contribution in [0.3, 0.4) is 0 Å². The third-order valence-corrected chi connectivity index (χ3v) is 3.93. The van der Waals surface area contributed by atoms with E-state index in [9.17, 15) is 9.90 Å². The van der Waals surface area contributed by atoms with E-state index in [1.54, 1.807) is 12.1 Å². The lowest BCUT2D eigenvalue weighted by molar-refractivity contribution is 0.0937. The highest BCUT2D eigenvalue weighted by Gasteiger charge is 2.21. The Kier molecular flexibility index (Phi) is 4.84. The number of phenolic OH excluding ortho intramolecular Hbond substituents is 1. The van der Waals surface area contributed by atoms with E-state index in [2.05, 4.69) is 17.6 Å². The average molecular weight is 278 g/mol. The van der Waals surface area contributed by atoms with Gasteiger partial charge in [0, 0.05) is 12.1 Å². The van der Waals surface area contributed by atoms with Crippen LogP contribution in [0, 0.1) is 11.8 Å². The maximum atomic E-state index is 12.1. The molecule has 0 aliphatic carbocycles. The van der Waals surface area contributed by atoms with Crippen LogP contribution in [-0.2, 0) is 0 Å². The molecule has 110 valence electrons. The molecule has 0 aromatic heterocycles. The van der Waals surface area contributed by atoms with Gasteiger partial charge in [0.25, 0.3) is 5.91 Å². The van der Waals surface area contributed by atoms with Gasteiger partial charge >= 0.3 is 0 Å². The minimum atomic E-state index is -0.159. The number of rotatable bonds is 4. The van der Waals surface area contributed by atoms with E-state index in [0.717, 1.165) is 19.5 Å². The van der Waals surface area contributed by atoms with Gasteiger partial charge in [-0.05, 0) is 49.5 Å². The summed E-state index contributed by atoms with van der Waals surface area (Å²) in [7, 11) is 1.48. The molecule has 1 amide bonds. The molecule has 1 aliphatic rings. The lowest BCUT2D eigenvalue weighted by Crippen LogP contribution is -2.41. The fraction of sp³-hybridized carbons (Fsp3) is 0.533. The minimum absolute atomic E-state index is 0.0182. The summed E-state index contributed by atoms with van der Waals surface area (Å²) in [5, 5.41) is 16.0. The monoisotopic (exact) mass is 278 g/mol. The van der Waals surface area contributed by atoms with E-state index < -0.39 is 0 Å². The van der Waals surface area contributed by atoms with Crippen molar-refractivity contribution in [3.05, 3.63) is 23.8 Å². The molecular formula is C15H22N2O3. The summed E-state index contributed by atoms with van der Waals surface area (Å²) in [6.07, 6.45) is 1.08. The summed E-state index contributed by atoms with van der Waals surface area (Å²) in [5.74, 6) is 1.26. The number of hydrogen-bond acceptors (Lipinski definition) is 4. The number of phenols is 1. The minimum Gasteiger partial charge on any atom is -0.504 e. The molecule has 1 aliphatic heterocycles. The second-order valence-corrected chi connectivity index (χ2v) is 5.33. The summed E-state index contributed by atoms with van der Waals surface area (Å²) >= 11 is 0. The standard InChI is InChI=1S/C15H22N2O3/c1-10-8-16-6-5-12(10)9-17-15(19)11-3-4-14(20-2)13(18)7-11/h3-4,7,10,12,16,18H,5-6,8-9H2,1-2H3,(H,17,19). The van der Waals surface area contributed by atoms with E-state index >= 15 is 0 Å². The maximum absolute atomic E-state index is 12.1. The summed E-state index contributed by atoms with van der Waals surface area (Å²) in [6, 6.07) is 4.68.